The van der Waals surface area contributed by atoms with Crippen molar-refractivity contribution >= 4 is 18.3 Å². The molecule has 19 heavy (non-hydrogen) atoms. The lowest BCUT2D eigenvalue weighted by Gasteiger charge is -2.17. The maximum atomic E-state index is 11.9. The van der Waals surface area contributed by atoms with Crippen LogP contribution < -0.4 is 10.5 Å². The lowest BCUT2D eigenvalue weighted by molar-refractivity contribution is -0.132. The fourth-order valence-electron chi connectivity index (χ4n) is 2.18. The summed E-state index contributed by atoms with van der Waals surface area (Å²) in [6.45, 7) is 3.57. The predicted molar refractivity (Wildman–Crippen MR) is 77.7 cm³/mol. The highest BCUT2D eigenvalue weighted by Crippen LogP contribution is 2.18. The van der Waals surface area contributed by atoms with Crippen molar-refractivity contribution in [1.82, 2.24) is 4.90 Å². The number of nitrogens with two attached hydrogens (primary N) is 1. The number of nitrogens with zero attached hydrogens (tertiary/aromatic N) is 1. The molecule has 0 bridgehead atoms. The average Bonchev–Trinajstić information content (AvgIpc) is 2.83. The minimum Gasteiger partial charge on any atom is -0.483 e. The second-order valence-corrected chi connectivity index (χ2v) is 4.64. The van der Waals surface area contributed by atoms with E-state index in [2.05, 4.69) is 6.92 Å². The molecule has 1 amide bonds. The molecule has 1 heterocycles. The van der Waals surface area contributed by atoms with E-state index < -0.39 is 0 Å². The zero-order chi connectivity index (χ0) is 13.0. The van der Waals surface area contributed by atoms with Crippen LogP contribution in [-0.2, 0) is 11.2 Å². The van der Waals surface area contributed by atoms with E-state index in [0.29, 0.717) is 6.54 Å². The summed E-state index contributed by atoms with van der Waals surface area (Å²) in [5.74, 6) is 0.825. The van der Waals surface area contributed by atoms with Gasteiger partial charge in [-0.1, -0.05) is 25.1 Å². The Labute approximate surface area is 120 Å². The van der Waals surface area contributed by atoms with Crippen molar-refractivity contribution in [3.05, 3.63) is 29.8 Å². The van der Waals surface area contributed by atoms with Crippen molar-refractivity contribution in [2.45, 2.75) is 25.8 Å². The van der Waals surface area contributed by atoms with Crippen LogP contribution in [0.15, 0.2) is 24.3 Å². The average molecular weight is 285 g/mol. The normalized spacial score (nSPS) is 18.0. The van der Waals surface area contributed by atoms with Crippen LogP contribution in [0.5, 0.6) is 5.75 Å². The maximum absolute atomic E-state index is 11.9. The molecule has 0 spiro atoms. The first-order valence-electron chi connectivity index (χ1n) is 6.44. The molecule has 2 rings (SSSR count). The van der Waals surface area contributed by atoms with Crippen molar-refractivity contribution in [2.24, 2.45) is 5.73 Å². The number of rotatable bonds is 4. The third-order valence-electron chi connectivity index (χ3n) is 3.28. The molecule has 106 valence electrons. The molecule has 1 aliphatic heterocycles. The number of ether oxygens (including phenoxy) is 1. The third-order valence-corrected chi connectivity index (χ3v) is 3.28. The fraction of sp³-hybridized carbons (Fsp3) is 0.500. The number of hydrogen-bond donors (Lipinski definition) is 1. The van der Waals surface area contributed by atoms with E-state index in [0.717, 1.165) is 30.7 Å². The first-order valence-corrected chi connectivity index (χ1v) is 6.44. The van der Waals surface area contributed by atoms with Crippen LogP contribution in [0.2, 0.25) is 0 Å². The van der Waals surface area contributed by atoms with Gasteiger partial charge in [-0.2, -0.15) is 0 Å². The molecule has 1 saturated heterocycles. The van der Waals surface area contributed by atoms with Gasteiger partial charge < -0.3 is 15.4 Å². The summed E-state index contributed by atoms with van der Waals surface area (Å²) in [5, 5.41) is 0. The zero-order valence-electron chi connectivity index (χ0n) is 11.2. The van der Waals surface area contributed by atoms with E-state index in [1.54, 1.807) is 4.90 Å². The second-order valence-electron chi connectivity index (χ2n) is 4.64. The Kier molecular flexibility index (Phi) is 6.12. The highest BCUT2D eigenvalue weighted by atomic mass is 35.5. The summed E-state index contributed by atoms with van der Waals surface area (Å²) < 4.78 is 5.61. The Bertz CT molecular complexity index is 426. The molecule has 2 N–H and O–H groups in total. The molecular weight excluding hydrogens is 264 g/mol. The van der Waals surface area contributed by atoms with Gasteiger partial charge in [-0.15, -0.1) is 12.4 Å². The molecule has 0 aliphatic carbocycles. The number of benzene rings is 1. The minimum absolute atomic E-state index is 0. The van der Waals surface area contributed by atoms with Gasteiger partial charge in [-0.05, 0) is 24.5 Å². The topological polar surface area (TPSA) is 55.6 Å². The van der Waals surface area contributed by atoms with Crippen LogP contribution in [0, 0.1) is 0 Å². The molecule has 0 saturated carbocycles. The molecule has 1 unspecified atom stereocenters. The van der Waals surface area contributed by atoms with Crippen LogP contribution in [0.25, 0.3) is 0 Å². The van der Waals surface area contributed by atoms with Crippen LogP contribution >= 0.6 is 12.4 Å². The van der Waals surface area contributed by atoms with E-state index >= 15 is 0 Å². The number of para-hydroxylation sites is 1. The van der Waals surface area contributed by atoms with E-state index in [9.17, 15) is 4.79 Å². The lowest BCUT2D eigenvalue weighted by Crippen LogP contribution is -2.35. The molecule has 0 radical (unpaired) electrons. The summed E-state index contributed by atoms with van der Waals surface area (Å²) in [5.41, 5.74) is 6.91. The molecule has 1 aromatic rings. The van der Waals surface area contributed by atoms with Crippen molar-refractivity contribution in [1.29, 1.82) is 0 Å². The molecule has 1 atom stereocenters. The van der Waals surface area contributed by atoms with Gasteiger partial charge in [0.2, 0.25) is 0 Å². The Hall–Kier alpha value is -1.26. The van der Waals surface area contributed by atoms with Gasteiger partial charge in [0.05, 0.1) is 0 Å². The number of carbonyl (C=O) groups excluding carboxylic acids is 1. The number of amides is 1. The van der Waals surface area contributed by atoms with Gasteiger partial charge in [0.15, 0.2) is 6.61 Å². The number of aryl methyl sites for hydroxylation is 1. The number of carbonyl (C=O) groups is 1. The Morgan fingerprint density at radius 3 is 2.84 bits per heavy atom. The zero-order valence-corrected chi connectivity index (χ0v) is 12.0. The van der Waals surface area contributed by atoms with Crippen molar-refractivity contribution in [2.75, 3.05) is 19.7 Å². The molecule has 1 fully saturated rings. The number of halogens is 1. The molecule has 4 nitrogen and oxygen atoms in total. The van der Waals surface area contributed by atoms with E-state index in [-0.39, 0.29) is 31.0 Å². The summed E-state index contributed by atoms with van der Waals surface area (Å²) in [6, 6.07) is 7.95. The predicted octanol–water partition coefficient (Wildman–Crippen LogP) is 1.61. The summed E-state index contributed by atoms with van der Waals surface area (Å²) >= 11 is 0. The van der Waals surface area contributed by atoms with Gasteiger partial charge in [0, 0.05) is 19.1 Å². The highest BCUT2D eigenvalue weighted by Gasteiger charge is 2.23. The Morgan fingerprint density at radius 2 is 2.21 bits per heavy atom. The van der Waals surface area contributed by atoms with E-state index in [4.69, 9.17) is 10.5 Å². The van der Waals surface area contributed by atoms with E-state index in [1.807, 2.05) is 24.3 Å². The van der Waals surface area contributed by atoms with Crippen LogP contribution in [0.1, 0.15) is 18.9 Å². The summed E-state index contributed by atoms with van der Waals surface area (Å²) in [6.07, 6.45) is 1.79. The second kappa shape index (κ2) is 7.36. The third kappa shape index (κ3) is 4.11. The first kappa shape index (κ1) is 15.8. The van der Waals surface area contributed by atoms with E-state index in [1.165, 1.54) is 0 Å². The molecule has 1 aromatic carbocycles. The maximum Gasteiger partial charge on any atom is 0.260 e. The fourth-order valence-corrected chi connectivity index (χ4v) is 2.18. The molecule has 0 aromatic heterocycles. The minimum atomic E-state index is 0. The standard InChI is InChI=1S/C14H20N2O2.ClH/c1-2-11-5-3-4-6-13(11)18-10-14(17)16-8-7-12(15)9-16;/h3-6,12H,2,7-10,15H2,1H3;1H. The van der Waals surface area contributed by atoms with Gasteiger partial charge in [0.1, 0.15) is 5.75 Å². The van der Waals surface area contributed by atoms with Crippen LogP contribution in [-0.4, -0.2) is 36.5 Å². The first-order chi connectivity index (χ1) is 8.70. The number of hydrogen-bond acceptors (Lipinski definition) is 3. The smallest absolute Gasteiger partial charge is 0.260 e. The summed E-state index contributed by atoms with van der Waals surface area (Å²) in [7, 11) is 0. The summed E-state index contributed by atoms with van der Waals surface area (Å²) in [4.78, 5) is 13.7. The Balaban J connectivity index is 0.00000180. The van der Waals surface area contributed by atoms with Gasteiger partial charge in [0.25, 0.3) is 5.91 Å². The highest BCUT2D eigenvalue weighted by molar-refractivity contribution is 5.85. The van der Waals surface area contributed by atoms with Crippen molar-refractivity contribution in [3.63, 3.8) is 0 Å². The van der Waals surface area contributed by atoms with Crippen LogP contribution in [0.4, 0.5) is 0 Å². The Morgan fingerprint density at radius 1 is 1.47 bits per heavy atom. The lowest BCUT2D eigenvalue weighted by atomic mass is 10.1. The monoisotopic (exact) mass is 284 g/mol. The van der Waals surface area contributed by atoms with Gasteiger partial charge >= 0.3 is 0 Å². The van der Waals surface area contributed by atoms with Crippen molar-refractivity contribution in [3.8, 4) is 5.75 Å². The molecule has 5 heteroatoms. The van der Waals surface area contributed by atoms with Crippen LogP contribution in [0.3, 0.4) is 0 Å². The quantitative estimate of drug-likeness (QED) is 0.914. The van der Waals surface area contributed by atoms with Gasteiger partial charge in [-0.3, -0.25) is 4.79 Å². The largest absolute Gasteiger partial charge is 0.483 e. The number of likely N-dealkylation sites (tertiary alicyclic amines) is 1. The van der Waals surface area contributed by atoms with Crippen molar-refractivity contribution < 1.29 is 9.53 Å². The SMILES string of the molecule is CCc1ccccc1OCC(=O)N1CCC(N)C1.Cl. The molecule has 1 aliphatic rings. The van der Waals surface area contributed by atoms with Gasteiger partial charge in [-0.25, -0.2) is 0 Å². The molecular formula is C14H21ClN2O2.